The van der Waals surface area contributed by atoms with Gasteiger partial charge in [-0.2, -0.15) is 0 Å². The summed E-state index contributed by atoms with van der Waals surface area (Å²) >= 11 is 1.39. The van der Waals surface area contributed by atoms with Crippen molar-refractivity contribution in [3.63, 3.8) is 0 Å². The van der Waals surface area contributed by atoms with E-state index in [9.17, 15) is 5.11 Å². The standard InChI is InChI=1S/C21H22N4O2S/c26-17(13-27-25-19-12-6-10-15-7-4-5-11-18(15)19)14-28-21-22-20(23-24-21)16-8-2-1-3-9-16/h1-5,7-9,11,17,26H,6,10,12-14H2,(H,22,23,24)/b25-19+. The molecule has 2 N–H and O–H groups in total. The number of thioether (sulfide) groups is 1. The zero-order valence-electron chi connectivity index (χ0n) is 15.4. The van der Waals surface area contributed by atoms with Crippen LogP contribution in [0.5, 0.6) is 0 Å². The summed E-state index contributed by atoms with van der Waals surface area (Å²) in [5, 5.41) is 22.2. The third-order valence-electron chi connectivity index (χ3n) is 4.55. The highest BCUT2D eigenvalue weighted by atomic mass is 32.2. The molecular weight excluding hydrogens is 372 g/mol. The molecule has 28 heavy (non-hydrogen) atoms. The van der Waals surface area contributed by atoms with Gasteiger partial charge in [0.15, 0.2) is 5.82 Å². The van der Waals surface area contributed by atoms with Gasteiger partial charge >= 0.3 is 0 Å². The SMILES string of the molecule is OC(CO/N=C1\CCCc2ccccc21)CSc1n[nH]c(-c2ccccc2)n1. The minimum absolute atomic E-state index is 0.147. The van der Waals surface area contributed by atoms with Crippen LogP contribution in [-0.2, 0) is 11.3 Å². The van der Waals surface area contributed by atoms with Crippen molar-refractivity contribution in [3.05, 3.63) is 65.7 Å². The Hall–Kier alpha value is -2.64. The zero-order valence-corrected chi connectivity index (χ0v) is 16.2. The largest absolute Gasteiger partial charge is 0.393 e. The lowest BCUT2D eigenvalue weighted by molar-refractivity contribution is 0.0522. The molecular formula is C21H22N4O2S. The van der Waals surface area contributed by atoms with E-state index in [2.05, 4.69) is 38.5 Å². The van der Waals surface area contributed by atoms with Gasteiger partial charge < -0.3 is 9.94 Å². The Morgan fingerprint density at radius 1 is 1.11 bits per heavy atom. The lowest BCUT2D eigenvalue weighted by Crippen LogP contribution is -2.18. The number of benzene rings is 2. The molecule has 2 aromatic carbocycles. The molecule has 1 heterocycles. The summed E-state index contributed by atoms with van der Waals surface area (Å²) in [4.78, 5) is 9.88. The van der Waals surface area contributed by atoms with Crippen LogP contribution in [0.25, 0.3) is 11.4 Å². The Bertz CT molecular complexity index is 942. The maximum Gasteiger partial charge on any atom is 0.208 e. The average Bonchev–Trinajstić information content (AvgIpc) is 3.22. The van der Waals surface area contributed by atoms with Crippen LogP contribution in [0.4, 0.5) is 0 Å². The number of aliphatic hydroxyl groups is 1. The van der Waals surface area contributed by atoms with Crippen LogP contribution in [0.2, 0.25) is 0 Å². The molecule has 0 fully saturated rings. The molecule has 0 amide bonds. The first-order valence-corrected chi connectivity index (χ1v) is 10.3. The highest BCUT2D eigenvalue weighted by molar-refractivity contribution is 7.99. The molecule has 1 aliphatic carbocycles. The second-order valence-electron chi connectivity index (χ2n) is 6.64. The van der Waals surface area contributed by atoms with Crippen molar-refractivity contribution >= 4 is 17.5 Å². The van der Waals surface area contributed by atoms with E-state index < -0.39 is 6.10 Å². The minimum Gasteiger partial charge on any atom is -0.393 e. The summed E-state index contributed by atoms with van der Waals surface area (Å²) in [6.07, 6.45) is 2.41. The van der Waals surface area contributed by atoms with Crippen molar-refractivity contribution in [2.24, 2.45) is 5.16 Å². The van der Waals surface area contributed by atoms with Crippen molar-refractivity contribution in [2.45, 2.75) is 30.5 Å². The number of aromatic nitrogens is 3. The summed E-state index contributed by atoms with van der Waals surface area (Å²) in [6, 6.07) is 18.1. The summed E-state index contributed by atoms with van der Waals surface area (Å²) < 4.78 is 0. The predicted octanol–water partition coefficient (Wildman–Crippen LogP) is 3.68. The molecule has 1 atom stereocenters. The van der Waals surface area contributed by atoms with Gasteiger partial charge in [0, 0.05) is 16.9 Å². The Labute approximate surface area is 168 Å². The fourth-order valence-electron chi connectivity index (χ4n) is 3.15. The van der Waals surface area contributed by atoms with Crippen LogP contribution in [0.15, 0.2) is 64.9 Å². The third-order valence-corrected chi connectivity index (χ3v) is 5.54. The molecule has 4 rings (SSSR count). The minimum atomic E-state index is -0.646. The van der Waals surface area contributed by atoms with Gasteiger partial charge in [-0.1, -0.05) is 71.5 Å². The van der Waals surface area contributed by atoms with Crippen LogP contribution in [0.1, 0.15) is 24.0 Å². The molecule has 7 heteroatoms. The average molecular weight is 395 g/mol. The maximum absolute atomic E-state index is 10.2. The maximum atomic E-state index is 10.2. The molecule has 0 bridgehead atoms. The van der Waals surface area contributed by atoms with E-state index in [1.165, 1.54) is 17.3 Å². The van der Waals surface area contributed by atoms with Crippen LogP contribution in [0.3, 0.4) is 0 Å². The van der Waals surface area contributed by atoms with Crippen molar-refractivity contribution in [2.75, 3.05) is 12.4 Å². The van der Waals surface area contributed by atoms with Gasteiger partial charge in [0.2, 0.25) is 5.16 Å². The highest BCUT2D eigenvalue weighted by Crippen LogP contribution is 2.22. The number of nitrogens with one attached hydrogen (secondary N) is 1. The van der Waals surface area contributed by atoms with Gasteiger partial charge in [-0.15, -0.1) is 5.10 Å². The topological polar surface area (TPSA) is 83.4 Å². The lowest BCUT2D eigenvalue weighted by atomic mass is 9.90. The number of hydrogen-bond donors (Lipinski definition) is 2. The highest BCUT2D eigenvalue weighted by Gasteiger charge is 2.16. The molecule has 0 aliphatic heterocycles. The van der Waals surface area contributed by atoms with Gasteiger partial charge in [0.1, 0.15) is 12.7 Å². The number of nitrogens with zero attached hydrogens (tertiary/aromatic N) is 3. The van der Waals surface area contributed by atoms with Gasteiger partial charge in [0.05, 0.1) is 5.71 Å². The number of aryl methyl sites for hydroxylation is 1. The van der Waals surface area contributed by atoms with E-state index in [0.717, 1.165) is 41.9 Å². The molecule has 0 saturated carbocycles. The Balaban J connectivity index is 1.27. The van der Waals surface area contributed by atoms with Crippen LogP contribution < -0.4 is 0 Å². The molecule has 0 spiro atoms. The molecule has 1 aromatic heterocycles. The second kappa shape index (κ2) is 9.03. The first kappa shape index (κ1) is 18.7. The van der Waals surface area contributed by atoms with Crippen LogP contribution in [0, 0.1) is 0 Å². The Morgan fingerprint density at radius 3 is 2.82 bits per heavy atom. The number of hydrogen-bond acceptors (Lipinski definition) is 6. The summed E-state index contributed by atoms with van der Waals surface area (Å²) in [7, 11) is 0. The summed E-state index contributed by atoms with van der Waals surface area (Å²) in [5.41, 5.74) is 4.41. The van der Waals surface area contributed by atoms with Gasteiger partial charge in [0.25, 0.3) is 0 Å². The van der Waals surface area contributed by atoms with Crippen molar-refractivity contribution in [1.29, 1.82) is 0 Å². The number of oxime groups is 1. The number of aliphatic hydroxyl groups excluding tert-OH is 1. The van der Waals surface area contributed by atoms with Gasteiger partial charge in [-0.05, 0) is 24.8 Å². The van der Waals surface area contributed by atoms with E-state index in [1.54, 1.807) is 0 Å². The molecule has 1 unspecified atom stereocenters. The number of rotatable bonds is 7. The van der Waals surface area contributed by atoms with E-state index in [-0.39, 0.29) is 6.61 Å². The van der Waals surface area contributed by atoms with E-state index >= 15 is 0 Å². The predicted molar refractivity (Wildman–Crippen MR) is 110 cm³/mol. The zero-order chi connectivity index (χ0) is 19.2. The van der Waals surface area contributed by atoms with Gasteiger partial charge in [-0.3, -0.25) is 5.10 Å². The van der Waals surface area contributed by atoms with E-state index in [4.69, 9.17) is 4.84 Å². The molecule has 0 radical (unpaired) electrons. The van der Waals surface area contributed by atoms with E-state index in [1.807, 2.05) is 36.4 Å². The Kier molecular flexibility index (Phi) is 6.04. The molecule has 144 valence electrons. The van der Waals surface area contributed by atoms with Crippen molar-refractivity contribution < 1.29 is 9.94 Å². The molecule has 1 aliphatic rings. The lowest BCUT2D eigenvalue weighted by Gasteiger charge is -2.17. The third kappa shape index (κ3) is 4.61. The Morgan fingerprint density at radius 2 is 1.93 bits per heavy atom. The van der Waals surface area contributed by atoms with Crippen LogP contribution >= 0.6 is 11.8 Å². The normalized spacial score (nSPS) is 16.0. The fourth-order valence-corrected chi connectivity index (χ4v) is 3.86. The van der Waals surface area contributed by atoms with Crippen molar-refractivity contribution in [3.8, 4) is 11.4 Å². The van der Waals surface area contributed by atoms with E-state index in [0.29, 0.717) is 10.9 Å². The quantitative estimate of drug-likeness (QED) is 0.472. The molecule has 3 aromatic rings. The number of H-pyrrole nitrogens is 1. The molecule has 6 nitrogen and oxygen atoms in total. The summed E-state index contributed by atoms with van der Waals surface area (Å²) in [6.45, 7) is 0.147. The molecule has 0 saturated heterocycles. The van der Waals surface area contributed by atoms with Crippen LogP contribution in [-0.4, -0.2) is 44.5 Å². The first-order valence-electron chi connectivity index (χ1n) is 9.35. The fraction of sp³-hybridized carbons (Fsp3) is 0.286. The summed E-state index contributed by atoms with van der Waals surface area (Å²) in [5.74, 6) is 1.16. The smallest absolute Gasteiger partial charge is 0.208 e. The first-order chi connectivity index (χ1) is 13.8. The number of aromatic amines is 1. The monoisotopic (exact) mass is 394 g/mol. The second-order valence-corrected chi connectivity index (χ2v) is 7.63. The van der Waals surface area contributed by atoms with Gasteiger partial charge in [-0.25, -0.2) is 4.98 Å². The van der Waals surface area contributed by atoms with Crippen molar-refractivity contribution in [1.82, 2.24) is 15.2 Å². The number of fused-ring (bicyclic) bond motifs is 1.